The summed E-state index contributed by atoms with van der Waals surface area (Å²) in [7, 11) is -2.63. The first kappa shape index (κ1) is 28.5. The number of halogens is 4. The number of sulfonamides is 1. The van der Waals surface area contributed by atoms with Crippen molar-refractivity contribution in [2.24, 2.45) is 0 Å². The van der Waals surface area contributed by atoms with Gasteiger partial charge in [-0.1, -0.05) is 24.3 Å². The number of carbonyl (C=O) groups excluding carboxylic acids is 1. The van der Waals surface area contributed by atoms with Crippen molar-refractivity contribution in [2.75, 3.05) is 12.4 Å². The molecule has 0 aliphatic carbocycles. The van der Waals surface area contributed by atoms with E-state index in [0.717, 1.165) is 6.07 Å². The number of nitrogens with one attached hydrogen (secondary N) is 2. The van der Waals surface area contributed by atoms with Crippen LogP contribution in [-0.4, -0.2) is 27.0 Å². The average molecular weight is 555 g/mol. The lowest BCUT2D eigenvalue weighted by Crippen LogP contribution is -2.40. The lowest BCUT2D eigenvalue weighted by molar-refractivity contribution is -0.137. The second-order valence-corrected chi connectivity index (χ2v) is 11.1. The van der Waals surface area contributed by atoms with Crippen LogP contribution in [-0.2, 0) is 22.1 Å². The van der Waals surface area contributed by atoms with Crippen molar-refractivity contribution >= 4 is 33.2 Å². The van der Waals surface area contributed by atoms with Gasteiger partial charge in [-0.25, -0.2) is 13.1 Å². The molecule has 0 aliphatic heterocycles. The van der Waals surface area contributed by atoms with E-state index in [1.54, 1.807) is 20.8 Å². The van der Waals surface area contributed by atoms with Crippen LogP contribution in [0.25, 0.3) is 11.1 Å². The number of ether oxygens (including phenoxy) is 1. The van der Waals surface area contributed by atoms with Crippen molar-refractivity contribution in [3.63, 3.8) is 0 Å². The molecule has 1 amide bonds. The van der Waals surface area contributed by atoms with Gasteiger partial charge in [-0.05, 0) is 73.9 Å². The zero-order chi connectivity index (χ0) is 27.6. The van der Waals surface area contributed by atoms with Crippen LogP contribution in [0.1, 0.15) is 42.3 Å². The molecule has 3 aromatic carbocycles. The first-order valence-electron chi connectivity index (χ1n) is 11.0. The zero-order valence-electron chi connectivity index (χ0n) is 20.5. The van der Waals surface area contributed by atoms with Crippen LogP contribution >= 0.6 is 11.6 Å². The molecule has 0 atom stereocenters. The van der Waals surface area contributed by atoms with Gasteiger partial charge in [0.25, 0.3) is 5.91 Å². The first-order valence-corrected chi connectivity index (χ1v) is 13.1. The molecule has 11 heteroatoms. The fourth-order valence-corrected chi connectivity index (χ4v) is 5.49. The number of benzene rings is 3. The van der Waals surface area contributed by atoms with Crippen LogP contribution in [0.4, 0.5) is 18.9 Å². The maximum atomic E-state index is 13.5. The molecule has 0 saturated carbocycles. The molecule has 0 saturated heterocycles. The summed E-state index contributed by atoms with van der Waals surface area (Å²) in [5.41, 5.74) is -0.432. The molecule has 0 unspecified atom stereocenters. The molecule has 3 rings (SSSR count). The Morgan fingerprint density at radius 3 is 2.24 bits per heavy atom. The summed E-state index contributed by atoms with van der Waals surface area (Å²) < 4.78 is 73.7. The zero-order valence-corrected chi connectivity index (χ0v) is 22.1. The molecule has 0 heterocycles. The van der Waals surface area contributed by atoms with Gasteiger partial charge in [-0.15, -0.1) is 11.6 Å². The monoisotopic (exact) mass is 554 g/mol. The highest BCUT2D eigenvalue weighted by atomic mass is 35.5. The van der Waals surface area contributed by atoms with Crippen molar-refractivity contribution in [2.45, 2.75) is 43.3 Å². The van der Waals surface area contributed by atoms with Gasteiger partial charge in [-0.3, -0.25) is 4.79 Å². The lowest BCUT2D eigenvalue weighted by Gasteiger charge is -2.21. The highest BCUT2D eigenvalue weighted by Gasteiger charge is 2.33. The molecular formula is C26H26ClF3N2O4S. The third kappa shape index (κ3) is 6.82. The van der Waals surface area contributed by atoms with Crippen molar-refractivity contribution in [1.29, 1.82) is 0 Å². The van der Waals surface area contributed by atoms with Gasteiger partial charge >= 0.3 is 6.18 Å². The summed E-state index contributed by atoms with van der Waals surface area (Å²) in [6.45, 7) is 5.09. The number of methoxy groups -OCH3 is 1. The van der Waals surface area contributed by atoms with Gasteiger partial charge in [0.05, 0.1) is 12.7 Å². The van der Waals surface area contributed by atoms with Gasteiger partial charge in [0.1, 0.15) is 10.6 Å². The van der Waals surface area contributed by atoms with E-state index in [9.17, 15) is 26.4 Å². The molecule has 6 nitrogen and oxygen atoms in total. The number of alkyl halides is 4. The van der Waals surface area contributed by atoms with Crippen molar-refractivity contribution in [3.05, 3.63) is 77.4 Å². The molecule has 0 aliphatic rings. The Bertz CT molecular complexity index is 1420. The van der Waals surface area contributed by atoms with E-state index in [1.165, 1.54) is 61.7 Å². The molecular weight excluding hydrogens is 529 g/mol. The minimum Gasteiger partial charge on any atom is -0.495 e. The van der Waals surface area contributed by atoms with Crippen LogP contribution in [0.3, 0.4) is 0 Å². The molecule has 37 heavy (non-hydrogen) atoms. The molecule has 0 radical (unpaired) electrons. The molecule has 198 valence electrons. The molecule has 3 aromatic rings. The SMILES string of the molecule is COc1cc(C(=O)Nc2ccc(-c3ccccc3C(F)(F)F)c(CCl)c2)ccc1S(=O)(=O)NC(C)(C)C. The number of rotatable bonds is 7. The topological polar surface area (TPSA) is 84.5 Å². The van der Waals surface area contributed by atoms with Gasteiger partial charge in [-0.2, -0.15) is 13.2 Å². The second-order valence-electron chi connectivity index (χ2n) is 9.22. The van der Waals surface area contributed by atoms with Gasteiger partial charge < -0.3 is 10.1 Å². The van der Waals surface area contributed by atoms with E-state index < -0.39 is 33.2 Å². The molecule has 0 fully saturated rings. The Hall–Kier alpha value is -3.08. The summed E-state index contributed by atoms with van der Waals surface area (Å²) in [4.78, 5) is 12.8. The van der Waals surface area contributed by atoms with E-state index in [0.29, 0.717) is 16.8 Å². The normalized spacial score (nSPS) is 12.3. The van der Waals surface area contributed by atoms with Crippen molar-refractivity contribution in [3.8, 4) is 16.9 Å². The smallest absolute Gasteiger partial charge is 0.417 e. The van der Waals surface area contributed by atoms with Gasteiger partial charge in [0.2, 0.25) is 10.0 Å². The fourth-order valence-electron chi connectivity index (χ4n) is 3.70. The minimum absolute atomic E-state index is 0.0195. The Morgan fingerprint density at radius 1 is 0.973 bits per heavy atom. The largest absolute Gasteiger partial charge is 0.495 e. The fraction of sp³-hybridized carbons (Fsp3) is 0.269. The number of amides is 1. The summed E-state index contributed by atoms with van der Waals surface area (Å²) >= 11 is 6.05. The van der Waals surface area contributed by atoms with E-state index in [4.69, 9.17) is 16.3 Å². The highest BCUT2D eigenvalue weighted by molar-refractivity contribution is 7.89. The summed E-state index contributed by atoms with van der Waals surface area (Å²) in [6, 6.07) is 13.5. The summed E-state index contributed by atoms with van der Waals surface area (Å²) in [6.07, 6.45) is -4.55. The quantitative estimate of drug-likeness (QED) is 0.329. The average Bonchev–Trinajstić information content (AvgIpc) is 2.81. The third-order valence-corrected chi connectivity index (χ3v) is 7.27. The Morgan fingerprint density at radius 2 is 1.65 bits per heavy atom. The van der Waals surface area contributed by atoms with E-state index in [1.807, 2.05) is 0 Å². The maximum Gasteiger partial charge on any atom is 0.417 e. The van der Waals surface area contributed by atoms with E-state index in [2.05, 4.69) is 10.0 Å². The van der Waals surface area contributed by atoms with Crippen LogP contribution in [0.15, 0.2) is 65.6 Å². The maximum absolute atomic E-state index is 13.5. The number of anilines is 1. The Kier molecular flexibility index (Phi) is 8.26. The van der Waals surface area contributed by atoms with E-state index in [-0.39, 0.29) is 27.7 Å². The van der Waals surface area contributed by atoms with Crippen LogP contribution in [0, 0.1) is 0 Å². The standard InChI is InChI=1S/C26H26ClF3N2O4S/c1-25(2,3)32-37(34,35)23-12-9-16(14-22(23)36-4)24(33)31-18-10-11-19(17(13-18)15-27)20-7-5-6-8-21(20)26(28,29)30/h5-14,32H,15H2,1-4H3,(H,31,33). The second kappa shape index (κ2) is 10.7. The van der Waals surface area contributed by atoms with E-state index >= 15 is 0 Å². The highest BCUT2D eigenvalue weighted by Crippen LogP contribution is 2.39. The molecule has 0 bridgehead atoms. The number of hydrogen-bond acceptors (Lipinski definition) is 4. The minimum atomic E-state index is -4.55. The van der Waals surface area contributed by atoms with Crippen molar-refractivity contribution in [1.82, 2.24) is 4.72 Å². The van der Waals surface area contributed by atoms with Crippen LogP contribution in [0.5, 0.6) is 5.75 Å². The predicted octanol–water partition coefficient (Wildman–Crippen LogP) is 6.45. The van der Waals surface area contributed by atoms with Crippen LogP contribution in [0.2, 0.25) is 0 Å². The molecule has 0 spiro atoms. The summed E-state index contributed by atoms with van der Waals surface area (Å²) in [5, 5.41) is 2.66. The molecule has 0 aromatic heterocycles. The Labute approximate surface area is 218 Å². The number of carbonyl (C=O) groups is 1. The third-order valence-electron chi connectivity index (χ3n) is 5.19. The predicted molar refractivity (Wildman–Crippen MR) is 137 cm³/mol. The van der Waals surface area contributed by atoms with Gasteiger partial charge in [0, 0.05) is 22.7 Å². The Balaban J connectivity index is 1.91. The first-order chi connectivity index (χ1) is 17.2. The van der Waals surface area contributed by atoms with Gasteiger partial charge in [0.15, 0.2) is 0 Å². The van der Waals surface area contributed by atoms with Crippen molar-refractivity contribution < 1.29 is 31.1 Å². The molecule has 2 N–H and O–H groups in total. The number of hydrogen-bond donors (Lipinski definition) is 2. The van der Waals surface area contributed by atoms with Crippen LogP contribution < -0.4 is 14.8 Å². The lowest BCUT2D eigenvalue weighted by atomic mass is 9.95. The summed E-state index contributed by atoms with van der Waals surface area (Å²) in [5.74, 6) is -0.688.